The number of carbonyl (C=O) groups is 1. The molecule has 170 valence electrons. The molecule has 9 heteroatoms. The number of hydrogen-bond acceptors (Lipinski definition) is 7. The lowest BCUT2D eigenvalue weighted by atomic mass is 10.1. The van der Waals surface area contributed by atoms with Gasteiger partial charge in [0.15, 0.2) is 0 Å². The fraction of sp³-hybridized carbons (Fsp3) is 0.160. The van der Waals surface area contributed by atoms with Crippen LogP contribution in [0.15, 0.2) is 64.3 Å². The van der Waals surface area contributed by atoms with Gasteiger partial charge in [0.05, 0.1) is 11.1 Å². The smallest absolute Gasteiger partial charge is 0.349 e. The second-order valence-electron chi connectivity index (χ2n) is 8.01. The van der Waals surface area contributed by atoms with E-state index in [1.165, 1.54) is 10.5 Å². The molecule has 0 saturated heterocycles. The number of benzene rings is 1. The maximum Gasteiger partial charge on any atom is 0.349 e. The molecule has 0 fully saturated rings. The zero-order valence-electron chi connectivity index (χ0n) is 18.5. The highest BCUT2D eigenvalue weighted by atomic mass is 32.1. The average Bonchev–Trinajstić information content (AvgIpc) is 3.15. The first-order valence-corrected chi connectivity index (χ1v) is 11.4. The second-order valence-corrected chi connectivity index (χ2v) is 9.01. The first-order valence-electron chi connectivity index (χ1n) is 10.6. The maximum absolute atomic E-state index is 12.8. The van der Waals surface area contributed by atoms with Gasteiger partial charge in [0.2, 0.25) is 0 Å². The van der Waals surface area contributed by atoms with Crippen molar-refractivity contribution < 1.29 is 9.53 Å². The normalized spacial score (nSPS) is 11.2. The third-order valence-corrected chi connectivity index (χ3v) is 6.63. The molecule has 0 unspecified atom stereocenters. The molecule has 0 saturated carbocycles. The number of aryl methyl sites for hydroxylation is 2. The number of carbonyl (C=O) groups excluding carboxylic acids is 1. The van der Waals surface area contributed by atoms with Crippen LogP contribution in [0.25, 0.3) is 15.9 Å². The van der Waals surface area contributed by atoms with Gasteiger partial charge in [-0.15, -0.1) is 11.3 Å². The minimum absolute atomic E-state index is 0.158. The number of nitrogens with one attached hydrogen (secondary N) is 1. The minimum atomic E-state index is -0.588. The summed E-state index contributed by atoms with van der Waals surface area (Å²) in [4.78, 5) is 50.5. The predicted octanol–water partition coefficient (Wildman–Crippen LogP) is 3.56. The molecule has 0 aliphatic carbocycles. The fourth-order valence-electron chi connectivity index (χ4n) is 3.79. The number of aromatic nitrogens is 4. The highest BCUT2D eigenvalue weighted by Crippen LogP contribution is 2.28. The topological polar surface area (TPSA) is 106 Å². The van der Waals surface area contributed by atoms with E-state index in [1.807, 2.05) is 43.3 Å². The van der Waals surface area contributed by atoms with E-state index < -0.39 is 5.97 Å². The van der Waals surface area contributed by atoms with Crippen molar-refractivity contribution in [3.05, 3.63) is 109 Å². The van der Waals surface area contributed by atoms with Crippen LogP contribution in [0.1, 0.15) is 37.9 Å². The van der Waals surface area contributed by atoms with Gasteiger partial charge in [-0.2, -0.15) is 0 Å². The van der Waals surface area contributed by atoms with Crippen LogP contribution in [0, 0.1) is 13.8 Å². The van der Waals surface area contributed by atoms with E-state index in [0.29, 0.717) is 44.2 Å². The lowest BCUT2D eigenvalue weighted by Gasteiger charge is -2.06. The Morgan fingerprint density at radius 2 is 1.88 bits per heavy atom. The van der Waals surface area contributed by atoms with Crippen molar-refractivity contribution in [3.8, 4) is 0 Å². The Morgan fingerprint density at radius 3 is 2.68 bits per heavy atom. The summed E-state index contributed by atoms with van der Waals surface area (Å²) < 4.78 is 6.88. The van der Waals surface area contributed by atoms with Crippen molar-refractivity contribution in [1.82, 2.24) is 19.4 Å². The van der Waals surface area contributed by atoms with Crippen LogP contribution in [0.2, 0.25) is 0 Å². The Balaban J connectivity index is 1.40. The van der Waals surface area contributed by atoms with Gasteiger partial charge in [-0.1, -0.05) is 36.4 Å². The Bertz CT molecular complexity index is 1670. The second kappa shape index (κ2) is 8.68. The molecular formula is C25H20N4O4S. The summed E-state index contributed by atoms with van der Waals surface area (Å²) in [5.74, 6) is -0.0589. The van der Waals surface area contributed by atoms with Crippen LogP contribution in [0.3, 0.4) is 0 Å². The maximum atomic E-state index is 12.8. The lowest BCUT2D eigenvalue weighted by Crippen LogP contribution is -2.17. The fourth-order valence-corrected chi connectivity index (χ4v) is 4.89. The van der Waals surface area contributed by atoms with Crippen LogP contribution in [-0.4, -0.2) is 25.3 Å². The standard InChI is InChI=1S/C25H20N4O4S/c1-14-8-9-19-26-17(11-20(30)29(19)12-14)13-33-25(32)22-15(2)21-23(31)27-18(28-24(21)34-22)10-16-6-4-3-5-7-16/h3-9,11-12H,10,13H2,1-2H3,(H,27,28,31). The molecule has 8 nitrogen and oxygen atoms in total. The number of H-pyrrole nitrogens is 1. The summed E-state index contributed by atoms with van der Waals surface area (Å²) >= 11 is 1.12. The molecule has 0 aliphatic heterocycles. The van der Waals surface area contributed by atoms with Gasteiger partial charge in [0.1, 0.15) is 27.8 Å². The van der Waals surface area contributed by atoms with Crippen molar-refractivity contribution in [2.24, 2.45) is 0 Å². The summed E-state index contributed by atoms with van der Waals surface area (Å²) in [5.41, 5.74) is 2.76. The van der Waals surface area contributed by atoms with Gasteiger partial charge in [0, 0.05) is 18.7 Å². The van der Waals surface area contributed by atoms with E-state index >= 15 is 0 Å². The molecule has 5 rings (SSSR count). The van der Waals surface area contributed by atoms with Gasteiger partial charge in [-0.3, -0.25) is 14.0 Å². The predicted molar refractivity (Wildman–Crippen MR) is 130 cm³/mol. The van der Waals surface area contributed by atoms with Gasteiger partial charge in [-0.05, 0) is 36.6 Å². The van der Waals surface area contributed by atoms with E-state index in [0.717, 1.165) is 22.5 Å². The molecule has 1 aromatic carbocycles. The molecule has 0 amide bonds. The first kappa shape index (κ1) is 21.7. The zero-order valence-corrected chi connectivity index (χ0v) is 19.3. The first-order chi connectivity index (χ1) is 16.4. The van der Waals surface area contributed by atoms with E-state index in [2.05, 4.69) is 15.0 Å². The van der Waals surface area contributed by atoms with Crippen molar-refractivity contribution in [2.45, 2.75) is 26.9 Å². The summed E-state index contributed by atoms with van der Waals surface area (Å²) in [7, 11) is 0. The Kier molecular flexibility index (Phi) is 5.54. The van der Waals surface area contributed by atoms with Crippen molar-refractivity contribution >= 4 is 33.2 Å². The van der Waals surface area contributed by atoms with Crippen LogP contribution < -0.4 is 11.1 Å². The highest BCUT2D eigenvalue weighted by molar-refractivity contribution is 7.20. The Morgan fingerprint density at radius 1 is 1.09 bits per heavy atom. The van der Waals surface area contributed by atoms with E-state index in [1.54, 1.807) is 19.2 Å². The number of hydrogen-bond donors (Lipinski definition) is 1. The average molecular weight is 473 g/mol. The third-order valence-electron chi connectivity index (χ3n) is 5.46. The van der Waals surface area contributed by atoms with Crippen molar-refractivity contribution in [3.63, 3.8) is 0 Å². The number of ether oxygens (including phenoxy) is 1. The van der Waals surface area contributed by atoms with Crippen molar-refractivity contribution in [2.75, 3.05) is 0 Å². The molecule has 4 aromatic heterocycles. The minimum Gasteiger partial charge on any atom is -0.455 e. The SMILES string of the molecule is Cc1ccc2nc(COC(=O)c3sc4nc(Cc5ccccc5)[nH]c(=O)c4c3C)cc(=O)n2c1. The third kappa shape index (κ3) is 4.13. The van der Waals surface area contributed by atoms with Gasteiger partial charge in [0.25, 0.3) is 11.1 Å². The summed E-state index contributed by atoms with van der Waals surface area (Å²) in [6, 6.07) is 14.6. The summed E-state index contributed by atoms with van der Waals surface area (Å²) in [6.07, 6.45) is 2.18. The molecule has 0 bridgehead atoms. The van der Waals surface area contributed by atoms with Crippen LogP contribution in [-0.2, 0) is 17.8 Å². The number of pyridine rings is 1. The summed E-state index contributed by atoms with van der Waals surface area (Å²) in [5, 5.41) is 0.381. The molecule has 34 heavy (non-hydrogen) atoms. The lowest BCUT2D eigenvalue weighted by molar-refractivity contribution is 0.0473. The number of aromatic amines is 1. The van der Waals surface area contributed by atoms with Crippen molar-refractivity contribution in [1.29, 1.82) is 0 Å². The quantitative estimate of drug-likeness (QED) is 0.392. The molecule has 4 heterocycles. The van der Waals surface area contributed by atoms with E-state index in [-0.39, 0.29) is 17.7 Å². The van der Waals surface area contributed by atoms with E-state index in [9.17, 15) is 14.4 Å². The number of thiophene rings is 1. The number of fused-ring (bicyclic) bond motifs is 2. The monoisotopic (exact) mass is 472 g/mol. The van der Waals surface area contributed by atoms with Gasteiger partial charge < -0.3 is 9.72 Å². The molecule has 5 aromatic rings. The largest absolute Gasteiger partial charge is 0.455 e. The van der Waals surface area contributed by atoms with Gasteiger partial charge in [-0.25, -0.2) is 14.8 Å². The zero-order chi connectivity index (χ0) is 23.8. The van der Waals surface area contributed by atoms with Gasteiger partial charge >= 0.3 is 5.97 Å². The van der Waals surface area contributed by atoms with Crippen LogP contribution in [0.5, 0.6) is 0 Å². The molecule has 0 aliphatic rings. The van der Waals surface area contributed by atoms with E-state index in [4.69, 9.17) is 4.74 Å². The number of esters is 1. The number of nitrogens with zero attached hydrogens (tertiary/aromatic N) is 3. The number of rotatable bonds is 5. The van der Waals surface area contributed by atoms with Crippen LogP contribution in [0.4, 0.5) is 0 Å². The molecule has 1 N–H and O–H groups in total. The Hall–Kier alpha value is -4.11. The molecule has 0 atom stereocenters. The molecule has 0 spiro atoms. The highest BCUT2D eigenvalue weighted by Gasteiger charge is 2.21. The molecular weight excluding hydrogens is 452 g/mol. The Labute approximate surface area is 197 Å². The molecule has 0 radical (unpaired) electrons. The summed E-state index contributed by atoms with van der Waals surface area (Å²) in [6.45, 7) is 3.43. The van der Waals surface area contributed by atoms with Crippen LogP contribution >= 0.6 is 11.3 Å².